The molecule has 19 heavy (non-hydrogen) atoms. The number of hydrogen-bond acceptors (Lipinski definition) is 7. The fourth-order valence-corrected chi connectivity index (χ4v) is 2.09. The van der Waals surface area contributed by atoms with Gasteiger partial charge < -0.3 is 20.6 Å². The van der Waals surface area contributed by atoms with E-state index in [0.717, 1.165) is 37.5 Å². The molecular formula is C11H18N8. The molecule has 2 aromatic heterocycles. The predicted molar refractivity (Wildman–Crippen MR) is 73.9 cm³/mol. The van der Waals surface area contributed by atoms with Crippen molar-refractivity contribution in [3.63, 3.8) is 0 Å². The number of nitrogens with zero attached hydrogens (tertiary/aromatic N) is 5. The summed E-state index contributed by atoms with van der Waals surface area (Å²) in [4.78, 5) is 18.3. The summed E-state index contributed by atoms with van der Waals surface area (Å²) in [6.45, 7) is 4.02. The Kier molecular flexibility index (Phi) is 3.18. The number of H-pyrrole nitrogens is 1. The van der Waals surface area contributed by atoms with E-state index < -0.39 is 0 Å². The zero-order valence-electron chi connectivity index (χ0n) is 11.1. The summed E-state index contributed by atoms with van der Waals surface area (Å²) in [6, 6.07) is 0. The number of anilines is 2. The van der Waals surface area contributed by atoms with E-state index in [0.29, 0.717) is 11.6 Å². The van der Waals surface area contributed by atoms with E-state index in [4.69, 9.17) is 0 Å². The third-order valence-electron chi connectivity index (χ3n) is 3.28. The molecule has 0 spiro atoms. The largest absolute Gasteiger partial charge is 0.357 e. The topological polar surface area (TPSA) is 85.0 Å². The molecule has 1 aliphatic heterocycles. The standard InChI is InChI=1S/C11H18N8/c1-12-11-15-9-8(13-7-14-9)10(16-11)17-19-5-3-18(2)4-6-19/h7H,3-6H2,1-2H3,(H3,12,13,14,15,16,17). The second kappa shape index (κ2) is 4.98. The maximum absolute atomic E-state index is 4.44. The van der Waals surface area contributed by atoms with Gasteiger partial charge in [0, 0.05) is 33.2 Å². The highest BCUT2D eigenvalue weighted by Gasteiger charge is 2.16. The number of likely N-dealkylation sites (N-methyl/N-ethyl adjacent to an activating group) is 1. The Labute approximate surface area is 111 Å². The van der Waals surface area contributed by atoms with Gasteiger partial charge in [-0.2, -0.15) is 9.97 Å². The van der Waals surface area contributed by atoms with Crippen molar-refractivity contribution in [2.24, 2.45) is 0 Å². The van der Waals surface area contributed by atoms with E-state index >= 15 is 0 Å². The summed E-state index contributed by atoms with van der Waals surface area (Å²) in [7, 11) is 3.93. The normalized spacial score (nSPS) is 17.8. The van der Waals surface area contributed by atoms with E-state index in [1.54, 1.807) is 13.4 Å². The summed E-state index contributed by atoms with van der Waals surface area (Å²) >= 11 is 0. The number of hydrogen-bond donors (Lipinski definition) is 3. The molecule has 3 rings (SSSR count). The molecule has 1 fully saturated rings. The molecule has 0 radical (unpaired) electrons. The van der Waals surface area contributed by atoms with Gasteiger partial charge in [-0.15, -0.1) is 0 Å². The van der Waals surface area contributed by atoms with Crippen LogP contribution in [0, 0.1) is 0 Å². The van der Waals surface area contributed by atoms with Gasteiger partial charge in [-0.1, -0.05) is 0 Å². The second-order valence-corrected chi connectivity index (χ2v) is 4.65. The first-order valence-electron chi connectivity index (χ1n) is 6.35. The van der Waals surface area contributed by atoms with Crippen molar-refractivity contribution in [1.82, 2.24) is 29.8 Å². The van der Waals surface area contributed by atoms with Gasteiger partial charge in [-0.25, -0.2) is 9.99 Å². The van der Waals surface area contributed by atoms with Crippen molar-refractivity contribution in [3.8, 4) is 0 Å². The Morgan fingerprint density at radius 2 is 2.00 bits per heavy atom. The lowest BCUT2D eigenvalue weighted by atomic mass is 10.4. The number of fused-ring (bicyclic) bond motifs is 1. The quantitative estimate of drug-likeness (QED) is 0.716. The Balaban J connectivity index is 1.85. The van der Waals surface area contributed by atoms with Crippen LogP contribution in [0.3, 0.4) is 0 Å². The summed E-state index contributed by atoms with van der Waals surface area (Å²) in [6.07, 6.45) is 1.63. The molecule has 8 heteroatoms. The summed E-state index contributed by atoms with van der Waals surface area (Å²) < 4.78 is 0. The molecule has 0 aromatic carbocycles. The van der Waals surface area contributed by atoms with Crippen LogP contribution in [0.1, 0.15) is 0 Å². The maximum Gasteiger partial charge on any atom is 0.226 e. The Bertz CT molecular complexity index is 557. The van der Waals surface area contributed by atoms with Gasteiger partial charge >= 0.3 is 0 Å². The molecule has 3 N–H and O–H groups in total. The van der Waals surface area contributed by atoms with Crippen molar-refractivity contribution in [3.05, 3.63) is 6.33 Å². The molecule has 0 atom stereocenters. The first kappa shape index (κ1) is 12.1. The molecule has 0 saturated carbocycles. The van der Waals surface area contributed by atoms with Crippen molar-refractivity contribution in [2.45, 2.75) is 0 Å². The zero-order valence-corrected chi connectivity index (χ0v) is 11.1. The van der Waals surface area contributed by atoms with Gasteiger partial charge in [0.25, 0.3) is 0 Å². The zero-order chi connectivity index (χ0) is 13.2. The maximum atomic E-state index is 4.44. The highest BCUT2D eigenvalue weighted by molar-refractivity contribution is 5.83. The number of imidazole rings is 1. The SMILES string of the molecule is CNc1nc(NN2CCN(C)CC2)c2[nH]cnc2n1. The van der Waals surface area contributed by atoms with Gasteiger partial charge in [0.2, 0.25) is 5.95 Å². The molecule has 8 nitrogen and oxygen atoms in total. The molecule has 102 valence electrons. The predicted octanol–water partition coefficient (Wildman–Crippen LogP) is -0.0311. The van der Waals surface area contributed by atoms with Crippen LogP contribution >= 0.6 is 0 Å². The van der Waals surface area contributed by atoms with Crippen LogP contribution in [-0.4, -0.2) is 70.1 Å². The lowest BCUT2D eigenvalue weighted by molar-refractivity contribution is 0.178. The number of aromatic nitrogens is 4. The van der Waals surface area contributed by atoms with Gasteiger partial charge in [0.05, 0.1) is 6.33 Å². The highest BCUT2D eigenvalue weighted by atomic mass is 15.5. The first-order chi connectivity index (χ1) is 9.26. The van der Waals surface area contributed by atoms with Crippen LogP contribution in [0.15, 0.2) is 6.33 Å². The molecular weight excluding hydrogens is 244 g/mol. The van der Waals surface area contributed by atoms with Crippen LogP contribution in [0.5, 0.6) is 0 Å². The van der Waals surface area contributed by atoms with Crippen molar-refractivity contribution >= 4 is 22.9 Å². The smallest absolute Gasteiger partial charge is 0.226 e. The molecule has 1 saturated heterocycles. The molecule has 1 aliphatic rings. The van der Waals surface area contributed by atoms with Gasteiger partial charge in [-0.05, 0) is 7.05 Å². The number of nitrogens with one attached hydrogen (secondary N) is 3. The van der Waals surface area contributed by atoms with Crippen molar-refractivity contribution in [2.75, 3.05) is 51.0 Å². The van der Waals surface area contributed by atoms with Crippen LogP contribution in [0.4, 0.5) is 11.8 Å². The van der Waals surface area contributed by atoms with Crippen LogP contribution in [-0.2, 0) is 0 Å². The van der Waals surface area contributed by atoms with E-state index in [2.05, 4.69) is 47.6 Å². The molecule has 0 amide bonds. The average Bonchev–Trinajstić information content (AvgIpc) is 2.89. The van der Waals surface area contributed by atoms with Crippen LogP contribution < -0.4 is 10.7 Å². The van der Waals surface area contributed by atoms with Gasteiger partial charge in [0.1, 0.15) is 5.52 Å². The van der Waals surface area contributed by atoms with Gasteiger partial charge in [-0.3, -0.25) is 0 Å². The Hall–Kier alpha value is -1.93. The third kappa shape index (κ3) is 2.45. The Morgan fingerprint density at radius 3 is 2.74 bits per heavy atom. The molecule has 0 aliphatic carbocycles. The first-order valence-corrected chi connectivity index (χ1v) is 6.35. The summed E-state index contributed by atoms with van der Waals surface area (Å²) in [5.74, 6) is 1.33. The highest BCUT2D eigenvalue weighted by Crippen LogP contribution is 2.19. The molecule has 0 unspecified atom stereocenters. The molecule has 0 bridgehead atoms. The van der Waals surface area contributed by atoms with E-state index in [9.17, 15) is 0 Å². The summed E-state index contributed by atoms with van der Waals surface area (Å²) in [5.41, 5.74) is 4.84. The minimum Gasteiger partial charge on any atom is -0.357 e. The van der Waals surface area contributed by atoms with E-state index in [1.165, 1.54) is 0 Å². The molecule has 2 aromatic rings. The number of aromatic amines is 1. The second-order valence-electron chi connectivity index (χ2n) is 4.65. The van der Waals surface area contributed by atoms with Crippen LogP contribution in [0.25, 0.3) is 11.2 Å². The average molecular weight is 262 g/mol. The Morgan fingerprint density at radius 1 is 1.21 bits per heavy atom. The van der Waals surface area contributed by atoms with E-state index in [1.807, 2.05) is 0 Å². The van der Waals surface area contributed by atoms with Crippen molar-refractivity contribution < 1.29 is 0 Å². The number of hydrazine groups is 1. The van der Waals surface area contributed by atoms with Crippen molar-refractivity contribution in [1.29, 1.82) is 0 Å². The lowest BCUT2D eigenvalue weighted by Crippen LogP contribution is -2.47. The molecule has 3 heterocycles. The third-order valence-corrected chi connectivity index (χ3v) is 3.28. The van der Waals surface area contributed by atoms with Gasteiger partial charge in [0.15, 0.2) is 11.5 Å². The lowest BCUT2D eigenvalue weighted by Gasteiger charge is -2.32. The van der Waals surface area contributed by atoms with E-state index in [-0.39, 0.29) is 0 Å². The summed E-state index contributed by atoms with van der Waals surface area (Å²) in [5, 5.41) is 5.12. The minimum atomic E-state index is 0.566. The fraction of sp³-hybridized carbons (Fsp3) is 0.545. The minimum absolute atomic E-state index is 0.566. The van der Waals surface area contributed by atoms with Crippen LogP contribution in [0.2, 0.25) is 0 Å². The number of rotatable bonds is 3. The monoisotopic (exact) mass is 262 g/mol. The number of piperazine rings is 1. The fourth-order valence-electron chi connectivity index (χ4n) is 2.09.